The summed E-state index contributed by atoms with van der Waals surface area (Å²) in [6.07, 6.45) is 3.52. The van der Waals surface area contributed by atoms with Crippen LogP contribution < -0.4 is 0 Å². The standard InChI is InChI=1S/C8H12N2O/c1-6-4-9-10-5-7(11)2-3-8(6)10/h4,7,11H,2-3,5H2,1H3. The van der Waals surface area contributed by atoms with Crippen molar-refractivity contribution in [2.24, 2.45) is 0 Å². The van der Waals surface area contributed by atoms with Crippen molar-refractivity contribution in [3.8, 4) is 0 Å². The fourth-order valence-corrected chi connectivity index (χ4v) is 1.58. The highest BCUT2D eigenvalue weighted by molar-refractivity contribution is 5.17. The van der Waals surface area contributed by atoms with Crippen LogP contribution in [0.4, 0.5) is 0 Å². The van der Waals surface area contributed by atoms with Gasteiger partial charge in [-0.1, -0.05) is 0 Å². The zero-order valence-electron chi connectivity index (χ0n) is 6.62. The number of hydrogen-bond acceptors (Lipinski definition) is 2. The molecule has 0 amide bonds. The van der Waals surface area contributed by atoms with Gasteiger partial charge in [0.1, 0.15) is 0 Å². The van der Waals surface area contributed by atoms with E-state index in [2.05, 4.69) is 12.0 Å². The Hall–Kier alpha value is -0.830. The molecule has 1 N–H and O–H groups in total. The number of aromatic nitrogens is 2. The molecule has 0 saturated heterocycles. The first-order valence-corrected chi connectivity index (χ1v) is 3.96. The molecule has 0 bridgehead atoms. The number of aliphatic hydroxyl groups is 1. The zero-order chi connectivity index (χ0) is 7.84. The van der Waals surface area contributed by atoms with Crippen LogP contribution in [-0.2, 0) is 13.0 Å². The molecule has 3 nitrogen and oxygen atoms in total. The molecule has 0 radical (unpaired) electrons. The van der Waals surface area contributed by atoms with Crippen LogP contribution >= 0.6 is 0 Å². The Morgan fingerprint density at radius 3 is 3.36 bits per heavy atom. The molecule has 1 aromatic heterocycles. The highest BCUT2D eigenvalue weighted by atomic mass is 16.3. The fraction of sp³-hybridized carbons (Fsp3) is 0.625. The minimum atomic E-state index is -0.193. The Morgan fingerprint density at radius 1 is 1.73 bits per heavy atom. The summed E-state index contributed by atoms with van der Waals surface area (Å²) in [5, 5.41) is 13.5. The molecule has 0 saturated carbocycles. The van der Waals surface area contributed by atoms with Gasteiger partial charge in [-0.2, -0.15) is 5.10 Å². The number of rotatable bonds is 0. The number of aryl methyl sites for hydroxylation is 1. The Morgan fingerprint density at radius 2 is 2.55 bits per heavy atom. The number of hydrogen-bond donors (Lipinski definition) is 1. The number of nitrogens with zero attached hydrogens (tertiary/aromatic N) is 2. The molecule has 0 aliphatic carbocycles. The fourth-order valence-electron chi connectivity index (χ4n) is 1.58. The Labute approximate surface area is 65.7 Å². The molecular weight excluding hydrogens is 140 g/mol. The highest BCUT2D eigenvalue weighted by Gasteiger charge is 2.17. The third kappa shape index (κ3) is 1.05. The topological polar surface area (TPSA) is 38.0 Å². The second-order valence-corrected chi connectivity index (χ2v) is 3.15. The zero-order valence-corrected chi connectivity index (χ0v) is 6.62. The second kappa shape index (κ2) is 2.34. The van der Waals surface area contributed by atoms with Gasteiger partial charge >= 0.3 is 0 Å². The molecule has 1 aromatic rings. The summed E-state index contributed by atoms with van der Waals surface area (Å²) in [7, 11) is 0. The van der Waals surface area contributed by atoms with Crippen molar-refractivity contribution in [3.05, 3.63) is 17.5 Å². The van der Waals surface area contributed by atoms with E-state index in [4.69, 9.17) is 0 Å². The molecule has 2 heterocycles. The first kappa shape index (κ1) is 6.85. The van der Waals surface area contributed by atoms with Crippen LogP contribution in [0.15, 0.2) is 6.20 Å². The van der Waals surface area contributed by atoms with Gasteiger partial charge in [0.2, 0.25) is 0 Å². The summed E-state index contributed by atoms with van der Waals surface area (Å²) in [6.45, 7) is 2.74. The third-order valence-corrected chi connectivity index (χ3v) is 2.26. The van der Waals surface area contributed by atoms with Crippen molar-refractivity contribution in [2.75, 3.05) is 0 Å². The normalized spacial score (nSPS) is 23.3. The van der Waals surface area contributed by atoms with E-state index in [-0.39, 0.29) is 6.10 Å². The predicted molar refractivity (Wildman–Crippen MR) is 41.3 cm³/mol. The molecule has 60 valence electrons. The van der Waals surface area contributed by atoms with Crippen molar-refractivity contribution in [1.82, 2.24) is 9.78 Å². The van der Waals surface area contributed by atoms with Gasteiger partial charge in [-0.25, -0.2) is 0 Å². The van der Waals surface area contributed by atoms with Crippen LogP contribution in [0.5, 0.6) is 0 Å². The number of fused-ring (bicyclic) bond motifs is 1. The summed E-state index contributed by atoms with van der Waals surface area (Å²) in [5.74, 6) is 0. The van der Waals surface area contributed by atoms with E-state index in [0.717, 1.165) is 12.8 Å². The van der Waals surface area contributed by atoms with Gasteiger partial charge in [0, 0.05) is 5.69 Å². The molecule has 1 aliphatic heterocycles. The molecule has 1 aliphatic rings. The number of aliphatic hydroxyl groups excluding tert-OH is 1. The molecule has 11 heavy (non-hydrogen) atoms. The van der Waals surface area contributed by atoms with E-state index in [9.17, 15) is 5.11 Å². The van der Waals surface area contributed by atoms with Crippen molar-refractivity contribution in [2.45, 2.75) is 32.4 Å². The molecule has 0 aromatic carbocycles. The average Bonchev–Trinajstić information content (AvgIpc) is 2.32. The summed E-state index contributed by atoms with van der Waals surface area (Å²) in [6, 6.07) is 0. The van der Waals surface area contributed by atoms with Gasteiger partial charge < -0.3 is 5.11 Å². The lowest BCUT2D eigenvalue weighted by molar-refractivity contribution is 0.125. The van der Waals surface area contributed by atoms with Crippen molar-refractivity contribution >= 4 is 0 Å². The lowest BCUT2D eigenvalue weighted by Crippen LogP contribution is -2.24. The molecular formula is C8H12N2O. The Kier molecular flexibility index (Phi) is 1.46. The molecule has 3 heteroatoms. The van der Waals surface area contributed by atoms with Gasteiger partial charge in [0.25, 0.3) is 0 Å². The minimum Gasteiger partial charge on any atom is -0.391 e. The molecule has 0 spiro atoms. The maximum Gasteiger partial charge on any atom is 0.0739 e. The van der Waals surface area contributed by atoms with Crippen LogP contribution in [-0.4, -0.2) is 21.0 Å². The van der Waals surface area contributed by atoms with Crippen LogP contribution in [0, 0.1) is 6.92 Å². The lowest BCUT2D eigenvalue weighted by Gasteiger charge is -2.19. The Balaban J connectivity index is 2.36. The van der Waals surface area contributed by atoms with E-state index in [1.165, 1.54) is 11.3 Å². The average molecular weight is 152 g/mol. The molecule has 1 unspecified atom stereocenters. The maximum atomic E-state index is 9.30. The quantitative estimate of drug-likeness (QED) is 0.587. The van der Waals surface area contributed by atoms with Crippen LogP contribution in [0.2, 0.25) is 0 Å². The second-order valence-electron chi connectivity index (χ2n) is 3.15. The van der Waals surface area contributed by atoms with Gasteiger partial charge in [-0.3, -0.25) is 4.68 Å². The van der Waals surface area contributed by atoms with E-state index in [1.54, 1.807) is 0 Å². The first-order chi connectivity index (χ1) is 5.27. The SMILES string of the molecule is Cc1cnn2c1CCC(O)C2. The summed E-state index contributed by atoms with van der Waals surface area (Å²) in [5.41, 5.74) is 2.53. The van der Waals surface area contributed by atoms with Crippen LogP contribution in [0.3, 0.4) is 0 Å². The summed E-state index contributed by atoms with van der Waals surface area (Å²) in [4.78, 5) is 0. The van der Waals surface area contributed by atoms with Gasteiger partial charge in [-0.15, -0.1) is 0 Å². The van der Waals surface area contributed by atoms with Crippen LogP contribution in [0.25, 0.3) is 0 Å². The molecule has 1 atom stereocenters. The van der Waals surface area contributed by atoms with E-state index >= 15 is 0 Å². The molecule has 0 fully saturated rings. The monoisotopic (exact) mass is 152 g/mol. The van der Waals surface area contributed by atoms with E-state index < -0.39 is 0 Å². The van der Waals surface area contributed by atoms with Crippen molar-refractivity contribution in [1.29, 1.82) is 0 Å². The van der Waals surface area contributed by atoms with Gasteiger partial charge in [0.05, 0.1) is 18.8 Å². The highest BCUT2D eigenvalue weighted by Crippen LogP contribution is 2.16. The van der Waals surface area contributed by atoms with E-state index in [1.807, 2.05) is 10.9 Å². The summed E-state index contributed by atoms with van der Waals surface area (Å²) >= 11 is 0. The summed E-state index contributed by atoms with van der Waals surface area (Å²) < 4.78 is 1.91. The first-order valence-electron chi connectivity index (χ1n) is 3.96. The van der Waals surface area contributed by atoms with Gasteiger partial charge in [0.15, 0.2) is 0 Å². The largest absolute Gasteiger partial charge is 0.391 e. The van der Waals surface area contributed by atoms with E-state index in [0.29, 0.717) is 6.54 Å². The van der Waals surface area contributed by atoms with Crippen molar-refractivity contribution in [3.63, 3.8) is 0 Å². The third-order valence-electron chi connectivity index (χ3n) is 2.26. The molecule has 2 rings (SSSR count). The van der Waals surface area contributed by atoms with Gasteiger partial charge in [-0.05, 0) is 25.3 Å². The minimum absolute atomic E-state index is 0.193. The Bertz CT molecular complexity index is 267. The maximum absolute atomic E-state index is 9.30. The smallest absolute Gasteiger partial charge is 0.0739 e. The predicted octanol–water partition coefficient (Wildman–Crippen LogP) is 0.499. The van der Waals surface area contributed by atoms with Crippen LogP contribution in [0.1, 0.15) is 17.7 Å². The lowest BCUT2D eigenvalue weighted by atomic mass is 10.1. The van der Waals surface area contributed by atoms with Crippen molar-refractivity contribution < 1.29 is 5.11 Å².